The molecule has 1 aliphatic heterocycles. The summed E-state index contributed by atoms with van der Waals surface area (Å²) in [5, 5.41) is 0. The van der Waals surface area contributed by atoms with Crippen molar-refractivity contribution in [2.75, 3.05) is 19.8 Å². The minimum atomic E-state index is 0.0562. The lowest BCUT2D eigenvalue weighted by Crippen LogP contribution is -2.39. The summed E-state index contributed by atoms with van der Waals surface area (Å²) < 4.78 is 17.5. The Morgan fingerprint density at radius 1 is 1.00 bits per heavy atom. The fourth-order valence-electron chi connectivity index (χ4n) is 3.17. The van der Waals surface area contributed by atoms with Gasteiger partial charge in [0, 0.05) is 18.4 Å². The Balaban J connectivity index is 1.68. The minimum absolute atomic E-state index is 0.0562. The van der Waals surface area contributed by atoms with Crippen LogP contribution < -0.4 is 0 Å². The van der Waals surface area contributed by atoms with Crippen molar-refractivity contribution in [3.63, 3.8) is 0 Å². The summed E-state index contributed by atoms with van der Waals surface area (Å²) in [5.41, 5.74) is 0. The molecule has 18 heavy (non-hydrogen) atoms. The molecule has 2 aliphatic rings. The van der Waals surface area contributed by atoms with Gasteiger partial charge in [0.2, 0.25) is 0 Å². The Kier molecular flexibility index (Phi) is 5.93. The summed E-state index contributed by atoms with van der Waals surface area (Å²) in [5.74, 6) is 1.20. The predicted molar refractivity (Wildman–Crippen MR) is 71.5 cm³/mol. The average molecular weight is 256 g/mol. The molecule has 3 heteroatoms. The van der Waals surface area contributed by atoms with Gasteiger partial charge >= 0.3 is 0 Å². The lowest BCUT2D eigenvalue weighted by atomic mass is 9.86. The van der Waals surface area contributed by atoms with Crippen LogP contribution in [0, 0.1) is 11.8 Å². The van der Waals surface area contributed by atoms with E-state index in [1.165, 1.54) is 38.5 Å². The van der Waals surface area contributed by atoms with Crippen LogP contribution in [0.4, 0.5) is 0 Å². The Labute approximate surface area is 111 Å². The van der Waals surface area contributed by atoms with Crippen LogP contribution in [0.1, 0.15) is 52.4 Å². The summed E-state index contributed by atoms with van der Waals surface area (Å²) >= 11 is 0. The topological polar surface area (TPSA) is 27.7 Å². The normalized spacial score (nSPS) is 37.7. The molecular formula is C15H28O3. The van der Waals surface area contributed by atoms with E-state index < -0.39 is 0 Å². The molecule has 3 nitrogen and oxygen atoms in total. The Bertz CT molecular complexity index is 192. The van der Waals surface area contributed by atoms with Crippen LogP contribution in [-0.2, 0) is 14.2 Å². The molecule has 0 N–H and O–H groups in total. The number of hydrogen-bond acceptors (Lipinski definition) is 3. The van der Waals surface area contributed by atoms with Crippen LogP contribution in [0.5, 0.6) is 0 Å². The molecule has 1 heterocycles. The van der Waals surface area contributed by atoms with E-state index in [4.69, 9.17) is 14.2 Å². The summed E-state index contributed by atoms with van der Waals surface area (Å²) in [7, 11) is 0. The number of rotatable bonds is 5. The molecular weight excluding hydrogens is 228 g/mol. The van der Waals surface area contributed by atoms with Crippen LogP contribution in [0.3, 0.4) is 0 Å². The minimum Gasteiger partial charge on any atom is -0.379 e. The van der Waals surface area contributed by atoms with Crippen molar-refractivity contribution in [3.8, 4) is 0 Å². The largest absolute Gasteiger partial charge is 0.379 e. The maximum absolute atomic E-state index is 5.91. The van der Waals surface area contributed by atoms with Crippen molar-refractivity contribution in [1.29, 1.82) is 0 Å². The van der Waals surface area contributed by atoms with E-state index in [1.54, 1.807) is 0 Å². The molecule has 106 valence electrons. The van der Waals surface area contributed by atoms with Gasteiger partial charge in [0.25, 0.3) is 0 Å². The smallest absolute Gasteiger partial charge is 0.160 e. The predicted octanol–water partition coefficient (Wildman–Crippen LogP) is 3.37. The van der Waals surface area contributed by atoms with E-state index in [-0.39, 0.29) is 6.29 Å². The van der Waals surface area contributed by atoms with Crippen molar-refractivity contribution in [1.82, 2.24) is 0 Å². The van der Waals surface area contributed by atoms with Gasteiger partial charge in [-0.05, 0) is 39.0 Å². The molecule has 0 radical (unpaired) electrons. The molecule has 2 rings (SSSR count). The van der Waals surface area contributed by atoms with E-state index in [0.29, 0.717) is 17.9 Å². The quantitative estimate of drug-likeness (QED) is 0.755. The summed E-state index contributed by atoms with van der Waals surface area (Å²) in [4.78, 5) is 0. The van der Waals surface area contributed by atoms with Crippen molar-refractivity contribution in [2.45, 2.75) is 64.8 Å². The van der Waals surface area contributed by atoms with E-state index in [1.807, 2.05) is 0 Å². The van der Waals surface area contributed by atoms with Gasteiger partial charge in [-0.15, -0.1) is 0 Å². The monoisotopic (exact) mass is 256 g/mol. The van der Waals surface area contributed by atoms with E-state index >= 15 is 0 Å². The van der Waals surface area contributed by atoms with Crippen molar-refractivity contribution in [2.24, 2.45) is 11.8 Å². The first kappa shape index (κ1) is 14.3. The lowest BCUT2D eigenvalue weighted by Gasteiger charge is -2.37. The Morgan fingerprint density at radius 2 is 1.67 bits per heavy atom. The maximum Gasteiger partial charge on any atom is 0.160 e. The zero-order chi connectivity index (χ0) is 12.8. The highest BCUT2D eigenvalue weighted by Crippen LogP contribution is 2.32. The van der Waals surface area contributed by atoms with E-state index in [9.17, 15) is 0 Å². The second kappa shape index (κ2) is 7.46. The fourth-order valence-corrected chi connectivity index (χ4v) is 3.17. The van der Waals surface area contributed by atoms with Crippen LogP contribution in [0.2, 0.25) is 0 Å². The van der Waals surface area contributed by atoms with Gasteiger partial charge < -0.3 is 14.2 Å². The molecule has 0 aromatic heterocycles. The highest BCUT2D eigenvalue weighted by Gasteiger charge is 2.32. The van der Waals surface area contributed by atoms with Gasteiger partial charge in [0.15, 0.2) is 6.29 Å². The second-order valence-electron chi connectivity index (χ2n) is 5.68. The van der Waals surface area contributed by atoms with Gasteiger partial charge in [-0.1, -0.05) is 13.3 Å². The summed E-state index contributed by atoms with van der Waals surface area (Å²) in [6.07, 6.45) is 7.69. The third-order valence-electron chi connectivity index (χ3n) is 4.20. The first-order valence-electron chi connectivity index (χ1n) is 7.68. The summed E-state index contributed by atoms with van der Waals surface area (Å²) in [6, 6.07) is 0. The zero-order valence-electron chi connectivity index (χ0n) is 11.9. The van der Waals surface area contributed by atoms with Gasteiger partial charge in [0.05, 0.1) is 19.3 Å². The second-order valence-corrected chi connectivity index (χ2v) is 5.68. The lowest BCUT2D eigenvalue weighted by molar-refractivity contribution is -0.231. The van der Waals surface area contributed by atoms with Crippen LogP contribution in [0.15, 0.2) is 0 Å². The zero-order valence-corrected chi connectivity index (χ0v) is 11.9. The van der Waals surface area contributed by atoms with Gasteiger partial charge in [-0.25, -0.2) is 0 Å². The average Bonchev–Trinajstić information content (AvgIpc) is 2.41. The molecule has 0 aromatic rings. The highest BCUT2D eigenvalue weighted by atomic mass is 16.7. The van der Waals surface area contributed by atoms with Gasteiger partial charge in [0.1, 0.15) is 0 Å². The molecule has 0 bridgehead atoms. The number of hydrogen-bond donors (Lipinski definition) is 0. The van der Waals surface area contributed by atoms with E-state index in [2.05, 4.69) is 13.8 Å². The van der Waals surface area contributed by atoms with Crippen molar-refractivity contribution < 1.29 is 14.2 Å². The third-order valence-corrected chi connectivity index (χ3v) is 4.20. The Hall–Kier alpha value is -0.120. The first-order chi connectivity index (χ1) is 8.83. The van der Waals surface area contributed by atoms with E-state index in [0.717, 1.165) is 19.8 Å². The Morgan fingerprint density at radius 3 is 2.22 bits per heavy atom. The molecule has 0 amide bonds. The molecule has 0 spiro atoms. The molecule has 2 fully saturated rings. The number of ether oxygens (including phenoxy) is 3. The molecule has 0 aromatic carbocycles. The molecule has 1 saturated heterocycles. The third kappa shape index (κ3) is 3.94. The van der Waals surface area contributed by atoms with Gasteiger partial charge in [-0.2, -0.15) is 0 Å². The van der Waals surface area contributed by atoms with Crippen molar-refractivity contribution in [3.05, 3.63) is 0 Å². The molecule has 0 atom stereocenters. The highest BCUT2D eigenvalue weighted by molar-refractivity contribution is 4.77. The van der Waals surface area contributed by atoms with Crippen LogP contribution in [0.25, 0.3) is 0 Å². The fraction of sp³-hybridized carbons (Fsp3) is 1.00. The molecule has 1 aliphatic carbocycles. The van der Waals surface area contributed by atoms with Crippen LogP contribution in [-0.4, -0.2) is 32.2 Å². The standard InChI is InChI=1S/C15H28O3/c1-3-5-12-10-17-15(18-11-12)13-6-8-14(9-7-13)16-4-2/h12-15H,3-11H2,1-2H3/t12-,13?,14?,15-. The SMILES string of the molecule is CCC[C@H]1CO[C@H](C2CCC(OCC)CC2)OC1. The van der Waals surface area contributed by atoms with Crippen LogP contribution >= 0.6 is 0 Å². The molecule has 0 unspecified atom stereocenters. The first-order valence-corrected chi connectivity index (χ1v) is 7.68. The van der Waals surface area contributed by atoms with Gasteiger partial charge in [-0.3, -0.25) is 0 Å². The molecule has 1 saturated carbocycles. The van der Waals surface area contributed by atoms with Crippen molar-refractivity contribution >= 4 is 0 Å². The summed E-state index contributed by atoms with van der Waals surface area (Å²) in [6.45, 7) is 6.92. The maximum atomic E-state index is 5.91.